The standard InChI is InChI=1S/C47H58N4O5/c1-11-17-47(9)23-29(47)19-24(4)16-18-56-39(52)15-14-32-27(7)35-20-33-25(5)30(12-2)37(48-33)21-34-26(6)31(13-3)38(49-34)22-36-28(8)40-44(51-36)41(43(32)50-35)42(45(40)53)46(54)55-10/h12,16,20-22,27,29,35,42,48-51H,2,11,13-15,17-19,23H2,1,3-10H3/b24-16+,33-20-,36-22-,37-21-/t27-,29-,35?,42+,47-/m0/s1. The minimum Gasteiger partial charge on any atom is -0.468 e. The molecule has 2 aliphatic carbocycles. The number of rotatable bonds is 12. The molecule has 2 aliphatic heterocycles. The van der Waals surface area contributed by atoms with Crippen LogP contribution in [0.1, 0.15) is 123 Å². The molecular formula is C47H58N4O5. The lowest BCUT2D eigenvalue weighted by Gasteiger charge is -2.17. The van der Waals surface area contributed by atoms with Gasteiger partial charge >= 0.3 is 11.9 Å². The number of ketones is 1. The fourth-order valence-corrected chi connectivity index (χ4v) is 9.74. The number of hydrogen-bond donors (Lipinski definition) is 4. The highest BCUT2D eigenvalue weighted by Gasteiger charge is 2.48. The second-order valence-corrected chi connectivity index (χ2v) is 16.8. The molecule has 56 heavy (non-hydrogen) atoms. The van der Waals surface area contributed by atoms with Gasteiger partial charge in [-0.25, -0.2) is 0 Å². The normalized spacial score (nSPS) is 25.5. The second-order valence-electron chi connectivity index (χ2n) is 16.8. The first kappa shape index (κ1) is 39.2. The third-order valence-electron chi connectivity index (χ3n) is 13.3. The van der Waals surface area contributed by atoms with Gasteiger partial charge in [-0.15, -0.1) is 0 Å². The molecule has 9 heteroatoms. The molecule has 0 aromatic carbocycles. The van der Waals surface area contributed by atoms with Crippen molar-refractivity contribution in [2.45, 2.75) is 106 Å². The molecule has 7 rings (SSSR count). The van der Waals surface area contributed by atoms with Crippen LogP contribution in [0.5, 0.6) is 0 Å². The van der Waals surface area contributed by atoms with Crippen LogP contribution in [0.25, 0.3) is 29.9 Å². The molecule has 1 fully saturated rings. The van der Waals surface area contributed by atoms with E-state index in [0.29, 0.717) is 39.9 Å². The van der Waals surface area contributed by atoms with Gasteiger partial charge in [-0.05, 0) is 123 Å². The van der Waals surface area contributed by atoms with Gasteiger partial charge in [0, 0.05) is 62.2 Å². The van der Waals surface area contributed by atoms with E-state index in [4.69, 9.17) is 9.47 Å². The Morgan fingerprint density at radius 3 is 2.46 bits per heavy atom. The number of aromatic nitrogens is 3. The van der Waals surface area contributed by atoms with Crippen LogP contribution in [-0.4, -0.2) is 52.4 Å². The fourth-order valence-electron chi connectivity index (χ4n) is 9.74. The van der Waals surface area contributed by atoms with Gasteiger partial charge in [0.05, 0.1) is 18.5 Å². The molecule has 1 unspecified atom stereocenters. The average molecular weight is 759 g/mol. The van der Waals surface area contributed by atoms with Crippen LogP contribution >= 0.6 is 0 Å². The highest BCUT2D eigenvalue weighted by atomic mass is 16.5. The molecule has 4 aliphatic rings. The van der Waals surface area contributed by atoms with Crippen LogP contribution < -0.4 is 26.7 Å². The first-order chi connectivity index (χ1) is 26.7. The molecule has 296 valence electrons. The topological polar surface area (TPSA) is 129 Å². The van der Waals surface area contributed by atoms with E-state index in [9.17, 15) is 14.4 Å². The quantitative estimate of drug-likeness (QED) is 0.106. The minimum atomic E-state index is -1.15. The number of carbonyl (C=O) groups excluding carboxylic acids is 3. The van der Waals surface area contributed by atoms with E-state index >= 15 is 0 Å². The van der Waals surface area contributed by atoms with Crippen LogP contribution in [0.2, 0.25) is 0 Å². The van der Waals surface area contributed by atoms with Crippen LogP contribution in [0.3, 0.4) is 0 Å². The zero-order chi connectivity index (χ0) is 40.2. The smallest absolute Gasteiger partial charge is 0.321 e. The number of nitrogens with one attached hydrogen (secondary N) is 4. The predicted molar refractivity (Wildman–Crippen MR) is 222 cm³/mol. The van der Waals surface area contributed by atoms with Gasteiger partial charge < -0.3 is 29.7 Å². The number of ether oxygens (including phenoxy) is 2. The molecule has 0 saturated heterocycles. The molecule has 0 radical (unpaired) electrons. The molecule has 0 amide bonds. The molecule has 5 atom stereocenters. The lowest BCUT2D eigenvalue weighted by Crippen LogP contribution is -2.32. The van der Waals surface area contributed by atoms with Crippen molar-refractivity contribution >= 4 is 47.6 Å². The van der Waals surface area contributed by atoms with E-state index in [2.05, 4.69) is 93.5 Å². The molecule has 3 aromatic heterocycles. The first-order valence-electron chi connectivity index (χ1n) is 20.4. The molecule has 3 aromatic rings. The lowest BCUT2D eigenvalue weighted by molar-refractivity contribution is -0.143. The van der Waals surface area contributed by atoms with Crippen molar-refractivity contribution in [3.05, 3.63) is 95.7 Å². The number of carbonyl (C=O) groups is 3. The Bertz CT molecular complexity index is 2470. The van der Waals surface area contributed by atoms with Gasteiger partial charge in [-0.1, -0.05) is 52.3 Å². The summed E-state index contributed by atoms with van der Waals surface area (Å²) in [5, 5.41) is 7.06. The van der Waals surface area contributed by atoms with Crippen LogP contribution in [0, 0.1) is 43.9 Å². The Kier molecular flexibility index (Phi) is 10.6. The van der Waals surface area contributed by atoms with E-state index < -0.39 is 11.9 Å². The van der Waals surface area contributed by atoms with Crippen LogP contribution in [0.15, 0.2) is 29.5 Å². The molecule has 8 bridgehead atoms. The van der Waals surface area contributed by atoms with Gasteiger partial charge in [0.2, 0.25) is 0 Å². The maximum absolute atomic E-state index is 14.3. The van der Waals surface area contributed by atoms with Crippen molar-refractivity contribution in [3.63, 3.8) is 0 Å². The monoisotopic (exact) mass is 758 g/mol. The Labute approximate surface area is 329 Å². The number of aromatic amines is 3. The summed E-state index contributed by atoms with van der Waals surface area (Å²) in [7, 11) is 1.32. The van der Waals surface area contributed by atoms with Gasteiger partial charge in [0.1, 0.15) is 12.5 Å². The number of Topliss-reactive ketones (excluding diaryl/α,β-unsaturated/α-hetero) is 1. The van der Waals surface area contributed by atoms with E-state index in [0.717, 1.165) is 68.1 Å². The summed E-state index contributed by atoms with van der Waals surface area (Å²) in [6.45, 7) is 21.6. The largest absolute Gasteiger partial charge is 0.468 e. The van der Waals surface area contributed by atoms with E-state index in [1.807, 2.05) is 19.1 Å². The summed E-state index contributed by atoms with van der Waals surface area (Å²) in [4.78, 5) is 52.1. The average Bonchev–Trinajstić information content (AvgIpc) is 3.55. The summed E-state index contributed by atoms with van der Waals surface area (Å²) >= 11 is 0. The van der Waals surface area contributed by atoms with Gasteiger partial charge in [-0.2, -0.15) is 0 Å². The van der Waals surface area contributed by atoms with Crippen molar-refractivity contribution in [2.24, 2.45) is 23.2 Å². The first-order valence-corrected chi connectivity index (χ1v) is 20.4. The number of allylic oxidation sites excluding steroid dienone is 2. The zero-order valence-corrected chi connectivity index (χ0v) is 34.6. The summed E-state index contributed by atoms with van der Waals surface area (Å²) in [6.07, 6.45) is 16.5. The maximum atomic E-state index is 14.3. The third kappa shape index (κ3) is 6.77. The number of esters is 2. The van der Waals surface area contributed by atoms with Crippen LogP contribution in [-0.2, 0) is 25.5 Å². The number of H-pyrrole nitrogens is 3. The van der Waals surface area contributed by atoms with Crippen molar-refractivity contribution in [1.82, 2.24) is 20.3 Å². The highest BCUT2D eigenvalue weighted by Crippen LogP contribution is 2.58. The fraction of sp³-hybridized carbons (Fsp3) is 0.468. The number of methoxy groups -OCH3 is 1. The second kappa shape index (κ2) is 15.1. The lowest BCUT2D eigenvalue weighted by atomic mass is 9.88. The van der Waals surface area contributed by atoms with Gasteiger partial charge in [0.25, 0.3) is 0 Å². The molecule has 9 nitrogen and oxygen atoms in total. The Hall–Kier alpha value is -5.05. The Morgan fingerprint density at radius 1 is 1.02 bits per heavy atom. The highest BCUT2D eigenvalue weighted by molar-refractivity contribution is 6.20. The summed E-state index contributed by atoms with van der Waals surface area (Å²) < 4.78 is 11.0. The predicted octanol–water partition coefficient (Wildman–Crippen LogP) is 5.74. The third-order valence-corrected chi connectivity index (χ3v) is 13.3. The van der Waals surface area contributed by atoms with Gasteiger partial charge in [0.15, 0.2) is 5.78 Å². The van der Waals surface area contributed by atoms with E-state index in [1.54, 1.807) is 0 Å². The zero-order valence-electron chi connectivity index (χ0n) is 34.6. The molecular weight excluding hydrogens is 701 g/mol. The maximum Gasteiger partial charge on any atom is 0.321 e. The molecule has 5 heterocycles. The Morgan fingerprint density at radius 2 is 1.77 bits per heavy atom. The number of fused-ring (bicyclic) bond motifs is 8. The SMILES string of the molecule is C=Cc1c(C)/c2[nH]/c1=C\c1[nH]c(c(CC)c1C)/C=c1\[nH]c3c(c1C)C(=O)[C@H](C(=O)OC)C=3C1=C(CCC(=O)OC/C=C(\C)C[C@H]3C[C@]3(C)CCC)[C@H](C)C(\C=2)N1. The summed E-state index contributed by atoms with van der Waals surface area (Å²) in [6, 6.07) is -0.212. The van der Waals surface area contributed by atoms with Gasteiger partial charge in [-0.3, -0.25) is 14.4 Å². The van der Waals surface area contributed by atoms with E-state index in [-0.39, 0.29) is 36.7 Å². The van der Waals surface area contributed by atoms with Crippen molar-refractivity contribution in [2.75, 3.05) is 13.7 Å². The Balaban J connectivity index is 1.32. The van der Waals surface area contributed by atoms with Crippen molar-refractivity contribution in [1.29, 1.82) is 0 Å². The molecule has 4 N–H and O–H groups in total. The summed E-state index contributed by atoms with van der Waals surface area (Å²) in [5.74, 6) is -1.70. The van der Waals surface area contributed by atoms with E-state index in [1.165, 1.54) is 37.5 Å². The minimum absolute atomic E-state index is 0.0825. The summed E-state index contributed by atoms with van der Waals surface area (Å²) in [5.41, 5.74) is 11.6. The van der Waals surface area contributed by atoms with Crippen molar-refractivity contribution < 1.29 is 23.9 Å². The molecule has 1 saturated carbocycles. The number of hydrogen-bond acceptors (Lipinski definition) is 6. The molecule has 0 spiro atoms. The van der Waals surface area contributed by atoms with Crippen molar-refractivity contribution in [3.8, 4) is 0 Å². The van der Waals surface area contributed by atoms with Crippen LogP contribution in [0.4, 0.5) is 0 Å².